The Morgan fingerprint density at radius 3 is 3.24 bits per heavy atom. The lowest BCUT2D eigenvalue weighted by Gasteiger charge is -2.11. The van der Waals surface area contributed by atoms with Crippen LogP contribution in [0.25, 0.3) is 0 Å². The first-order valence-electron chi connectivity index (χ1n) is 5.59. The van der Waals surface area contributed by atoms with Gasteiger partial charge in [0.1, 0.15) is 0 Å². The highest BCUT2D eigenvalue weighted by atomic mass is 16.5. The second-order valence-electron chi connectivity index (χ2n) is 3.98. The van der Waals surface area contributed by atoms with Crippen LogP contribution in [-0.2, 0) is 4.74 Å². The van der Waals surface area contributed by atoms with Gasteiger partial charge in [0.25, 0.3) is 5.91 Å². The molecule has 6 heteroatoms. The third kappa shape index (κ3) is 2.92. The van der Waals surface area contributed by atoms with Crippen molar-refractivity contribution in [2.75, 3.05) is 25.2 Å². The number of hydrogen-bond acceptors (Lipinski definition) is 5. The van der Waals surface area contributed by atoms with E-state index in [1.54, 1.807) is 18.3 Å². The van der Waals surface area contributed by atoms with Gasteiger partial charge in [0, 0.05) is 25.3 Å². The van der Waals surface area contributed by atoms with E-state index in [-0.39, 0.29) is 5.91 Å². The maximum Gasteiger partial charge on any atom is 0.255 e. The van der Waals surface area contributed by atoms with Crippen LogP contribution in [0.3, 0.4) is 0 Å². The van der Waals surface area contributed by atoms with Crippen LogP contribution in [0.2, 0.25) is 0 Å². The molecule has 1 aromatic rings. The van der Waals surface area contributed by atoms with Crippen LogP contribution in [0.4, 0.5) is 5.82 Å². The molecule has 1 aliphatic rings. The highest BCUT2D eigenvalue weighted by Crippen LogP contribution is 2.12. The number of carbonyl (C=O) groups is 1. The SMILES string of the molecule is NNc1ncccc1C(=O)NCC1CCOC1. The Morgan fingerprint density at radius 1 is 1.65 bits per heavy atom. The lowest BCUT2D eigenvalue weighted by molar-refractivity contribution is 0.0945. The summed E-state index contributed by atoms with van der Waals surface area (Å²) in [5.74, 6) is 5.92. The summed E-state index contributed by atoms with van der Waals surface area (Å²) >= 11 is 0. The number of hydrogen-bond donors (Lipinski definition) is 3. The molecule has 2 rings (SSSR count). The molecule has 1 unspecified atom stereocenters. The number of ether oxygens (including phenoxy) is 1. The van der Waals surface area contributed by atoms with Crippen LogP contribution in [0.5, 0.6) is 0 Å². The van der Waals surface area contributed by atoms with Gasteiger partial charge in [0.15, 0.2) is 5.82 Å². The molecule has 1 amide bonds. The molecule has 92 valence electrons. The molecule has 0 aliphatic carbocycles. The molecule has 0 bridgehead atoms. The van der Waals surface area contributed by atoms with Crippen molar-refractivity contribution in [1.82, 2.24) is 10.3 Å². The molecule has 1 aromatic heterocycles. The Kier molecular flexibility index (Phi) is 3.89. The van der Waals surface area contributed by atoms with E-state index in [2.05, 4.69) is 15.7 Å². The Labute approximate surface area is 99.5 Å². The lowest BCUT2D eigenvalue weighted by Crippen LogP contribution is -2.30. The third-order valence-corrected chi connectivity index (χ3v) is 2.76. The number of pyridine rings is 1. The van der Waals surface area contributed by atoms with E-state index in [9.17, 15) is 4.79 Å². The monoisotopic (exact) mass is 236 g/mol. The lowest BCUT2D eigenvalue weighted by atomic mass is 10.1. The number of hydrazine groups is 1. The summed E-state index contributed by atoms with van der Waals surface area (Å²) in [6.45, 7) is 2.12. The van der Waals surface area contributed by atoms with Gasteiger partial charge in [-0.3, -0.25) is 4.79 Å². The fourth-order valence-electron chi connectivity index (χ4n) is 1.78. The highest BCUT2D eigenvalue weighted by molar-refractivity contribution is 5.98. The molecule has 1 aliphatic heterocycles. The predicted octanol–water partition coefficient (Wildman–Crippen LogP) is 0.133. The number of nitrogens with one attached hydrogen (secondary N) is 2. The summed E-state index contributed by atoms with van der Waals surface area (Å²) in [4.78, 5) is 15.9. The zero-order valence-corrected chi connectivity index (χ0v) is 9.48. The molecule has 0 aromatic carbocycles. The molecule has 0 saturated carbocycles. The summed E-state index contributed by atoms with van der Waals surface area (Å²) in [5.41, 5.74) is 2.86. The average molecular weight is 236 g/mol. The normalized spacial score (nSPS) is 19.0. The number of anilines is 1. The Hall–Kier alpha value is -1.66. The van der Waals surface area contributed by atoms with Crippen molar-refractivity contribution < 1.29 is 9.53 Å². The number of aromatic nitrogens is 1. The molecule has 2 heterocycles. The van der Waals surface area contributed by atoms with E-state index in [0.29, 0.717) is 23.8 Å². The molecule has 1 fully saturated rings. The minimum atomic E-state index is -0.169. The van der Waals surface area contributed by atoms with Gasteiger partial charge in [0.2, 0.25) is 0 Å². The maximum atomic E-state index is 11.9. The van der Waals surface area contributed by atoms with E-state index in [1.165, 1.54) is 0 Å². The molecular formula is C11H16N4O2. The number of nitrogens with two attached hydrogens (primary N) is 1. The van der Waals surface area contributed by atoms with Crippen LogP contribution in [0.1, 0.15) is 16.8 Å². The molecular weight excluding hydrogens is 220 g/mol. The van der Waals surface area contributed by atoms with Crippen molar-refractivity contribution in [3.05, 3.63) is 23.9 Å². The number of carbonyl (C=O) groups excluding carboxylic acids is 1. The van der Waals surface area contributed by atoms with Gasteiger partial charge in [-0.15, -0.1) is 0 Å². The topological polar surface area (TPSA) is 89.3 Å². The predicted molar refractivity (Wildman–Crippen MR) is 63.3 cm³/mol. The van der Waals surface area contributed by atoms with Crippen LogP contribution in [0, 0.1) is 5.92 Å². The van der Waals surface area contributed by atoms with Crippen LogP contribution in [-0.4, -0.2) is 30.6 Å². The second-order valence-corrected chi connectivity index (χ2v) is 3.98. The van der Waals surface area contributed by atoms with E-state index in [4.69, 9.17) is 10.6 Å². The van der Waals surface area contributed by atoms with Crippen molar-refractivity contribution in [2.24, 2.45) is 11.8 Å². The van der Waals surface area contributed by atoms with Crippen LogP contribution >= 0.6 is 0 Å². The van der Waals surface area contributed by atoms with Gasteiger partial charge >= 0.3 is 0 Å². The number of rotatable bonds is 4. The molecule has 0 radical (unpaired) electrons. The smallest absolute Gasteiger partial charge is 0.255 e. The summed E-state index contributed by atoms with van der Waals surface area (Å²) in [7, 11) is 0. The minimum Gasteiger partial charge on any atom is -0.381 e. The number of amides is 1. The van der Waals surface area contributed by atoms with E-state index in [0.717, 1.165) is 19.6 Å². The highest BCUT2D eigenvalue weighted by Gasteiger charge is 2.18. The van der Waals surface area contributed by atoms with Crippen molar-refractivity contribution in [3.8, 4) is 0 Å². The molecule has 1 saturated heterocycles. The zero-order chi connectivity index (χ0) is 12.1. The standard InChI is InChI=1S/C11H16N4O2/c12-15-10-9(2-1-4-13-10)11(16)14-6-8-3-5-17-7-8/h1-2,4,8H,3,5-7,12H2,(H,13,15)(H,14,16). The van der Waals surface area contributed by atoms with Gasteiger partial charge in [-0.05, 0) is 18.6 Å². The molecule has 17 heavy (non-hydrogen) atoms. The number of nitrogens with zero attached hydrogens (tertiary/aromatic N) is 1. The van der Waals surface area contributed by atoms with Crippen molar-refractivity contribution in [1.29, 1.82) is 0 Å². The van der Waals surface area contributed by atoms with Gasteiger partial charge in [-0.2, -0.15) is 0 Å². The van der Waals surface area contributed by atoms with Gasteiger partial charge in [-0.1, -0.05) is 0 Å². The van der Waals surface area contributed by atoms with Crippen LogP contribution in [0.15, 0.2) is 18.3 Å². The average Bonchev–Trinajstić information content (AvgIpc) is 2.89. The molecule has 1 atom stereocenters. The van der Waals surface area contributed by atoms with Gasteiger partial charge < -0.3 is 15.5 Å². The van der Waals surface area contributed by atoms with Gasteiger partial charge in [-0.25, -0.2) is 10.8 Å². The fraction of sp³-hybridized carbons (Fsp3) is 0.455. The molecule has 0 spiro atoms. The van der Waals surface area contributed by atoms with E-state index in [1.807, 2.05) is 0 Å². The fourth-order valence-corrected chi connectivity index (χ4v) is 1.78. The van der Waals surface area contributed by atoms with Crippen molar-refractivity contribution in [2.45, 2.75) is 6.42 Å². The minimum absolute atomic E-state index is 0.169. The van der Waals surface area contributed by atoms with Crippen molar-refractivity contribution >= 4 is 11.7 Å². The Morgan fingerprint density at radius 2 is 2.53 bits per heavy atom. The maximum absolute atomic E-state index is 11.9. The first-order chi connectivity index (χ1) is 8.31. The summed E-state index contributed by atoms with van der Waals surface area (Å²) < 4.78 is 5.24. The summed E-state index contributed by atoms with van der Waals surface area (Å²) in [6.07, 6.45) is 2.58. The summed E-state index contributed by atoms with van der Waals surface area (Å²) in [6, 6.07) is 3.39. The van der Waals surface area contributed by atoms with E-state index < -0.39 is 0 Å². The molecule has 4 N–H and O–H groups in total. The Bertz CT molecular complexity index is 391. The third-order valence-electron chi connectivity index (χ3n) is 2.76. The summed E-state index contributed by atoms with van der Waals surface area (Å²) in [5, 5.41) is 2.86. The zero-order valence-electron chi connectivity index (χ0n) is 9.48. The second kappa shape index (κ2) is 5.60. The van der Waals surface area contributed by atoms with Crippen molar-refractivity contribution in [3.63, 3.8) is 0 Å². The number of nitrogen functional groups attached to an aromatic ring is 1. The quantitative estimate of drug-likeness (QED) is 0.511. The Balaban J connectivity index is 1.94. The molecule has 6 nitrogen and oxygen atoms in total. The van der Waals surface area contributed by atoms with Gasteiger partial charge in [0.05, 0.1) is 12.2 Å². The van der Waals surface area contributed by atoms with E-state index >= 15 is 0 Å². The first-order valence-corrected chi connectivity index (χ1v) is 5.59. The van der Waals surface area contributed by atoms with Crippen LogP contribution < -0.4 is 16.6 Å². The largest absolute Gasteiger partial charge is 0.381 e. The first kappa shape index (κ1) is 11.8.